The smallest absolute Gasteiger partial charge is 0.290 e. The van der Waals surface area contributed by atoms with Gasteiger partial charge in [-0.15, -0.1) is 0 Å². The van der Waals surface area contributed by atoms with Gasteiger partial charge < -0.3 is 20.2 Å². The SMILES string of the molecule is O=CO.OP(O)CC1CCNCC1. The van der Waals surface area contributed by atoms with Crippen molar-refractivity contribution in [2.75, 3.05) is 19.3 Å². The predicted molar refractivity (Wildman–Crippen MR) is 50.5 cm³/mol. The first kappa shape index (κ1) is 12.8. The average Bonchev–Trinajstić information content (AvgIpc) is 2.06. The molecule has 0 bridgehead atoms. The molecule has 0 radical (unpaired) electrons. The molecule has 1 heterocycles. The van der Waals surface area contributed by atoms with Crippen LogP contribution in [0, 0.1) is 5.92 Å². The molecular weight excluding hydrogens is 193 g/mol. The molecule has 1 rings (SSSR count). The maximum atomic E-state index is 8.70. The van der Waals surface area contributed by atoms with Crippen LogP contribution in [0.3, 0.4) is 0 Å². The summed E-state index contributed by atoms with van der Waals surface area (Å²) < 4.78 is 0. The lowest BCUT2D eigenvalue weighted by Gasteiger charge is -2.22. The van der Waals surface area contributed by atoms with E-state index < -0.39 is 8.38 Å². The van der Waals surface area contributed by atoms with E-state index in [1.54, 1.807) is 0 Å². The lowest BCUT2D eigenvalue weighted by Crippen LogP contribution is -2.28. The highest BCUT2D eigenvalue weighted by molar-refractivity contribution is 7.45. The van der Waals surface area contributed by atoms with Gasteiger partial charge >= 0.3 is 0 Å². The van der Waals surface area contributed by atoms with Crippen LogP contribution in [0.15, 0.2) is 0 Å². The molecule has 78 valence electrons. The molecule has 13 heavy (non-hydrogen) atoms. The zero-order valence-corrected chi connectivity index (χ0v) is 8.28. The van der Waals surface area contributed by atoms with Gasteiger partial charge in [0.05, 0.1) is 0 Å². The summed E-state index contributed by atoms with van der Waals surface area (Å²) in [5, 5.41) is 10.1. The van der Waals surface area contributed by atoms with Crippen LogP contribution in [0.25, 0.3) is 0 Å². The fraction of sp³-hybridized carbons (Fsp3) is 0.857. The first-order chi connectivity index (χ1) is 6.20. The maximum Gasteiger partial charge on any atom is 0.290 e. The quantitative estimate of drug-likeness (QED) is 0.379. The number of carbonyl (C=O) groups is 1. The Morgan fingerprint density at radius 1 is 1.38 bits per heavy atom. The van der Waals surface area contributed by atoms with Gasteiger partial charge in [0.25, 0.3) is 6.47 Å². The van der Waals surface area contributed by atoms with Crippen LogP contribution in [0.5, 0.6) is 0 Å². The van der Waals surface area contributed by atoms with Gasteiger partial charge in [0.1, 0.15) is 0 Å². The van der Waals surface area contributed by atoms with E-state index in [2.05, 4.69) is 5.32 Å². The zero-order valence-electron chi connectivity index (χ0n) is 7.39. The number of rotatable bonds is 2. The highest BCUT2D eigenvalue weighted by Gasteiger charge is 2.15. The monoisotopic (exact) mass is 209 g/mol. The normalized spacial score (nSPS) is 17.8. The molecule has 6 heteroatoms. The molecule has 0 saturated carbocycles. The summed E-state index contributed by atoms with van der Waals surface area (Å²) in [5.41, 5.74) is 0. The minimum Gasteiger partial charge on any atom is -0.483 e. The third-order valence-electron chi connectivity index (χ3n) is 1.88. The summed E-state index contributed by atoms with van der Waals surface area (Å²) >= 11 is 0. The molecule has 4 N–H and O–H groups in total. The average molecular weight is 209 g/mol. The minimum absolute atomic E-state index is 0.250. The Morgan fingerprint density at radius 3 is 2.23 bits per heavy atom. The van der Waals surface area contributed by atoms with Crippen molar-refractivity contribution >= 4 is 14.8 Å². The fourth-order valence-electron chi connectivity index (χ4n) is 1.30. The summed E-state index contributed by atoms with van der Waals surface area (Å²) in [5.74, 6) is 0.544. The Balaban J connectivity index is 0.000000424. The molecule has 0 aromatic carbocycles. The summed E-state index contributed by atoms with van der Waals surface area (Å²) in [6, 6.07) is 0. The number of nitrogens with one attached hydrogen (secondary N) is 1. The molecule has 0 unspecified atom stereocenters. The Bertz CT molecular complexity index is 128. The van der Waals surface area contributed by atoms with Crippen molar-refractivity contribution in [1.29, 1.82) is 0 Å². The molecule has 1 aliphatic rings. The zero-order chi connectivity index (χ0) is 10.1. The molecule has 0 aliphatic carbocycles. The third-order valence-corrected chi connectivity index (χ3v) is 2.72. The van der Waals surface area contributed by atoms with E-state index in [9.17, 15) is 0 Å². The Hall–Kier alpha value is -0.220. The van der Waals surface area contributed by atoms with Crippen LogP contribution >= 0.6 is 8.38 Å². The van der Waals surface area contributed by atoms with Crippen molar-refractivity contribution < 1.29 is 19.7 Å². The molecule has 5 nitrogen and oxygen atoms in total. The van der Waals surface area contributed by atoms with Crippen molar-refractivity contribution in [1.82, 2.24) is 5.32 Å². The molecular formula is C7H16NO4P. The van der Waals surface area contributed by atoms with Crippen molar-refractivity contribution in [3.8, 4) is 0 Å². The summed E-state index contributed by atoms with van der Waals surface area (Å²) in [6.07, 6.45) is 2.80. The maximum absolute atomic E-state index is 8.70. The van der Waals surface area contributed by atoms with E-state index >= 15 is 0 Å². The highest BCUT2D eigenvalue weighted by Crippen LogP contribution is 2.29. The van der Waals surface area contributed by atoms with Crippen LogP contribution < -0.4 is 5.32 Å². The molecule has 0 aromatic rings. The lowest BCUT2D eigenvalue weighted by molar-refractivity contribution is -0.122. The van der Waals surface area contributed by atoms with Crippen LogP contribution in [0.2, 0.25) is 0 Å². The molecule has 1 aliphatic heterocycles. The molecule has 0 amide bonds. The number of carboxylic acid groups (broad SMARTS) is 1. The van der Waals surface area contributed by atoms with Gasteiger partial charge in [0, 0.05) is 6.16 Å². The number of piperidine rings is 1. The Kier molecular flexibility index (Phi) is 8.24. The van der Waals surface area contributed by atoms with Crippen LogP contribution in [-0.4, -0.2) is 40.6 Å². The van der Waals surface area contributed by atoms with E-state index in [0.717, 1.165) is 25.9 Å². The van der Waals surface area contributed by atoms with Gasteiger partial charge in [-0.3, -0.25) is 4.79 Å². The van der Waals surface area contributed by atoms with E-state index in [1.807, 2.05) is 0 Å². The van der Waals surface area contributed by atoms with Crippen molar-refractivity contribution in [2.45, 2.75) is 12.8 Å². The summed E-state index contributed by atoms with van der Waals surface area (Å²) in [4.78, 5) is 25.8. The number of hydrogen-bond acceptors (Lipinski definition) is 4. The topological polar surface area (TPSA) is 89.8 Å². The summed E-state index contributed by atoms with van der Waals surface area (Å²) in [7, 11) is -1.65. The van der Waals surface area contributed by atoms with Crippen molar-refractivity contribution in [3.05, 3.63) is 0 Å². The van der Waals surface area contributed by atoms with Gasteiger partial charge in [-0.2, -0.15) is 0 Å². The van der Waals surface area contributed by atoms with Crippen molar-refractivity contribution in [2.24, 2.45) is 5.92 Å². The van der Waals surface area contributed by atoms with Gasteiger partial charge in [-0.25, -0.2) is 0 Å². The molecule has 1 saturated heterocycles. The van der Waals surface area contributed by atoms with Crippen molar-refractivity contribution in [3.63, 3.8) is 0 Å². The standard InChI is InChI=1S/C6H14NO2P.CH2O2/c8-10(9)5-6-1-3-7-4-2-6;2-1-3/h6-9H,1-5H2;1H,(H,2,3). The fourth-order valence-corrected chi connectivity index (χ4v) is 2.12. The van der Waals surface area contributed by atoms with Gasteiger partial charge in [-0.05, 0) is 31.8 Å². The van der Waals surface area contributed by atoms with Gasteiger partial charge in [-0.1, -0.05) is 0 Å². The first-order valence-corrected chi connectivity index (χ1v) is 5.57. The van der Waals surface area contributed by atoms with Crippen LogP contribution in [0.4, 0.5) is 0 Å². The van der Waals surface area contributed by atoms with Gasteiger partial charge in [0.2, 0.25) is 0 Å². The second-order valence-corrected chi connectivity index (χ2v) is 3.96. The molecule has 0 aromatic heterocycles. The summed E-state index contributed by atoms with van der Waals surface area (Å²) in [6.45, 7) is 1.82. The van der Waals surface area contributed by atoms with E-state index in [-0.39, 0.29) is 6.47 Å². The largest absolute Gasteiger partial charge is 0.483 e. The van der Waals surface area contributed by atoms with E-state index in [1.165, 1.54) is 0 Å². The van der Waals surface area contributed by atoms with E-state index in [0.29, 0.717) is 12.1 Å². The lowest BCUT2D eigenvalue weighted by atomic mass is 10.0. The second-order valence-electron chi connectivity index (χ2n) is 2.85. The molecule has 0 atom stereocenters. The Labute approximate surface area is 78.7 Å². The van der Waals surface area contributed by atoms with Crippen LogP contribution in [-0.2, 0) is 4.79 Å². The predicted octanol–water partition coefficient (Wildman–Crippen LogP) is -0.0167. The minimum atomic E-state index is -1.65. The highest BCUT2D eigenvalue weighted by atomic mass is 31.2. The third kappa shape index (κ3) is 8.12. The number of hydrogen-bond donors (Lipinski definition) is 4. The Morgan fingerprint density at radius 2 is 1.85 bits per heavy atom. The second kappa shape index (κ2) is 8.38. The van der Waals surface area contributed by atoms with Crippen LogP contribution in [0.1, 0.15) is 12.8 Å². The van der Waals surface area contributed by atoms with Gasteiger partial charge in [0.15, 0.2) is 8.38 Å². The molecule has 0 spiro atoms. The van der Waals surface area contributed by atoms with E-state index in [4.69, 9.17) is 19.7 Å². The first-order valence-electron chi connectivity index (χ1n) is 4.14. The molecule has 1 fully saturated rings.